The van der Waals surface area contributed by atoms with Crippen LogP contribution in [-0.2, 0) is 0 Å². The Bertz CT molecular complexity index is 373. The Morgan fingerprint density at radius 2 is 1.94 bits per heavy atom. The minimum atomic E-state index is -0.224. The number of ether oxygens (including phenoxy) is 2. The molecule has 0 heterocycles. The molecule has 1 aromatic carbocycles. The predicted octanol–water partition coefficient (Wildman–Crippen LogP) is 2.19. The lowest BCUT2D eigenvalue weighted by molar-refractivity contribution is 0.169. The first-order valence-corrected chi connectivity index (χ1v) is 5.57. The Hall–Kier alpha value is -1.22. The van der Waals surface area contributed by atoms with E-state index in [0.717, 1.165) is 17.9 Å². The van der Waals surface area contributed by atoms with E-state index >= 15 is 0 Å². The van der Waals surface area contributed by atoms with Crippen molar-refractivity contribution in [3.05, 3.63) is 23.8 Å². The first-order valence-electron chi connectivity index (χ1n) is 5.57. The van der Waals surface area contributed by atoms with E-state index in [4.69, 9.17) is 9.47 Å². The molecule has 0 aliphatic heterocycles. The fourth-order valence-electron chi connectivity index (χ4n) is 2.21. The lowest BCUT2D eigenvalue weighted by Gasteiger charge is -2.09. The molecule has 0 aromatic heterocycles. The van der Waals surface area contributed by atoms with Crippen LogP contribution in [0.15, 0.2) is 18.2 Å². The highest BCUT2D eigenvalue weighted by Crippen LogP contribution is 2.50. The molecule has 1 saturated carbocycles. The van der Waals surface area contributed by atoms with Gasteiger partial charge in [-0.15, -0.1) is 0 Å². The van der Waals surface area contributed by atoms with Crippen molar-refractivity contribution in [2.75, 3.05) is 14.2 Å². The molecule has 0 amide bonds. The maximum atomic E-state index is 9.50. The minimum Gasteiger partial charge on any atom is -0.493 e. The number of benzene rings is 1. The van der Waals surface area contributed by atoms with Crippen LogP contribution >= 0.6 is 0 Å². The Labute approximate surface area is 96.0 Å². The third-order valence-electron chi connectivity index (χ3n) is 3.30. The number of aliphatic hydroxyl groups excluding tert-OH is 1. The molecule has 1 N–H and O–H groups in total. The van der Waals surface area contributed by atoms with Crippen molar-refractivity contribution in [1.29, 1.82) is 0 Å². The van der Waals surface area contributed by atoms with Crippen molar-refractivity contribution in [2.45, 2.75) is 25.4 Å². The quantitative estimate of drug-likeness (QED) is 0.848. The number of hydrogen-bond donors (Lipinski definition) is 1. The smallest absolute Gasteiger partial charge is 0.160 e. The lowest BCUT2D eigenvalue weighted by Crippen LogP contribution is -2.03. The molecular weight excluding hydrogens is 204 g/mol. The van der Waals surface area contributed by atoms with Crippen LogP contribution in [0.5, 0.6) is 11.5 Å². The molecule has 1 fully saturated rings. The fourth-order valence-corrected chi connectivity index (χ4v) is 2.21. The molecule has 0 bridgehead atoms. The van der Waals surface area contributed by atoms with Gasteiger partial charge in [0.25, 0.3) is 0 Å². The van der Waals surface area contributed by atoms with E-state index in [2.05, 4.69) is 6.07 Å². The molecule has 0 radical (unpaired) electrons. The maximum Gasteiger partial charge on any atom is 0.160 e. The van der Waals surface area contributed by atoms with E-state index in [1.165, 1.54) is 5.56 Å². The predicted molar refractivity (Wildman–Crippen MR) is 62.1 cm³/mol. The second-order valence-electron chi connectivity index (χ2n) is 4.36. The summed E-state index contributed by atoms with van der Waals surface area (Å²) in [6.45, 7) is 1.85. The molecule has 2 rings (SSSR count). The van der Waals surface area contributed by atoms with Crippen LogP contribution in [0, 0.1) is 5.92 Å². The van der Waals surface area contributed by atoms with Gasteiger partial charge in [0.1, 0.15) is 0 Å². The summed E-state index contributed by atoms with van der Waals surface area (Å²) in [6.07, 6.45) is 0.839. The summed E-state index contributed by atoms with van der Waals surface area (Å²) in [5, 5.41) is 9.50. The van der Waals surface area contributed by atoms with Crippen LogP contribution in [0.2, 0.25) is 0 Å². The average molecular weight is 222 g/mol. The zero-order valence-electron chi connectivity index (χ0n) is 9.93. The molecule has 1 aliphatic carbocycles. The number of methoxy groups -OCH3 is 2. The molecule has 0 spiro atoms. The van der Waals surface area contributed by atoms with Crippen molar-refractivity contribution in [1.82, 2.24) is 0 Å². The van der Waals surface area contributed by atoms with Crippen molar-refractivity contribution in [2.24, 2.45) is 5.92 Å². The molecular formula is C13H18O3. The topological polar surface area (TPSA) is 38.7 Å². The van der Waals surface area contributed by atoms with E-state index in [1.807, 2.05) is 19.1 Å². The summed E-state index contributed by atoms with van der Waals surface area (Å²) in [7, 11) is 3.27. The van der Waals surface area contributed by atoms with Crippen molar-refractivity contribution in [3.8, 4) is 11.5 Å². The maximum absolute atomic E-state index is 9.50. The van der Waals surface area contributed by atoms with E-state index in [1.54, 1.807) is 14.2 Å². The van der Waals surface area contributed by atoms with E-state index in [-0.39, 0.29) is 6.10 Å². The summed E-state index contributed by atoms with van der Waals surface area (Å²) in [6, 6.07) is 5.98. The van der Waals surface area contributed by atoms with Gasteiger partial charge in [0.05, 0.1) is 20.3 Å². The van der Waals surface area contributed by atoms with Gasteiger partial charge in [-0.3, -0.25) is 0 Å². The highest BCUT2D eigenvalue weighted by molar-refractivity contribution is 5.45. The molecule has 1 aliphatic rings. The van der Waals surface area contributed by atoms with Gasteiger partial charge in [0.15, 0.2) is 11.5 Å². The third-order valence-corrected chi connectivity index (χ3v) is 3.30. The molecule has 3 nitrogen and oxygen atoms in total. The van der Waals surface area contributed by atoms with Crippen molar-refractivity contribution in [3.63, 3.8) is 0 Å². The van der Waals surface area contributed by atoms with Crippen LogP contribution in [0.25, 0.3) is 0 Å². The molecule has 3 heteroatoms. The lowest BCUT2D eigenvalue weighted by atomic mass is 10.1. The van der Waals surface area contributed by atoms with E-state index in [0.29, 0.717) is 11.8 Å². The van der Waals surface area contributed by atoms with Crippen LogP contribution in [0.4, 0.5) is 0 Å². The number of aliphatic hydroxyl groups is 1. The zero-order valence-corrected chi connectivity index (χ0v) is 9.93. The van der Waals surface area contributed by atoms with Crippen LogP contribution in [0.3, 0.4) is 0 Å². The van der Waals surface area contributed by atoms with Gasteiger partial charge < -0.3 is 14.6 Å². The summed E-state index contributed by atoms with van der Waals surface area (Å²) in [5.41, 5.74) is 1.23. The second-order valence-corrected chi connectivity index (χ2v) is 4.36. The van der Waals surface area contributed by atoms with Crippen molar-refractivity contribution < 1.29 is 14.6 Å². The van der Waals surface area contributed by atoms with Crippen molar-refractivity contribution >= 4 is 0 Å². The number of hydrogen-bond acceptors (Lipinski definition) is 3. The Balaban J connectivity index is 2.18. The first-order chi connectivity index (χ1) is 7.67. The molecule has 0 saturated heterocycles. The van der Waals surface area contributed by atoms with Gasteiger partial charge in [-0.1, -0.05) is 6.07 Å². The molecule has 16 heavy (non-hydrogen) atoms. The van der Waals surface area contributed by atoms with E-state index < -0.39 is 0 Å². The molecule has 88 valence electrons. The molecule has 3 atom stereocenters. The van der Waals surface area contributed by atoms with Gasteiger partial charge in [-0.05, 0) is 42.9 Å². The summed E-state index contributed by atoms with van der Waals surface area (Å²) < 4.78 is 10.5. The SMILES string of the molecule is COc1ccc([C@@H]2C[C@H]2[C@H](C)O)cc1OC. The highest BCUT2D eigenvalue weighted by atomic mass is 16.5. The van der Waals surface area contributed by atoms with E-state index in [9.17, 15) is 5.11 Å². The molecule has 1 aromatic rings. The van der Waals surface area contributed by atoms with Crippen LogP contribution in [0.1, 0.15) is 24.8 Å². The highest BCUT2D eigenvalue weighted by Gasteiger charge is 2.41. The zero-order chi connectivity index (χ0) is 11.7. The van der Waals surface area contributed by atoms with Gasteiger partial charge in [0.2, 0.25) is 0 Å². The summed E-state index contributed by atoms with van der Waals surface area (Å²) >= 11 is 0. The van der Waals surface area contributed by atoms with Crippen LogP contribution in [-0.4, -0.2) is 25.4 Å². The first kappa shape index (κ1) is 11.3. The van der Waals surface area contributed by atoms with Crippen LogP contribution < -0.4 is 9.47 Å². The Kier molecular flexibility index (Phi) is 3.06. The van der Waals surface area contributed by atoms with Gasteiger partial charge in [0, 0.05) is 0 Å². The standard InChI is InChI=1S/C13H18O3/c1-8(14)10-7-11(10)9-4-5-12(15-2)13(6-9)16-3/h4-6,8,10-11,14H,7H2,1-3H3/t8-,10-,11-/m0/s1. The minimum absolute atomic E-state index is 0.224. The summed E-state index contributed by atoms with van der Waals surface area (Å²) in [5.74, 6) is 2.38. The average Bonchev–Trinajstić information content (AvgIpc) is 3.08. The monoisotopic (exact) mass is 222 g/mol. The Morgan fingerprint density at radius 1 is 1.25 bits per heavy atom. The second kappa shape index (κ2) is 4.34. The molecule has 0 unspecified atom stereocenters. The summed E-state index contributed by atoms with van der Waals surface area (Å²) in [4.78, 5) is 0. The van der Waals surface area contributed by atoms with Gasteiger partial charge >= 0.3 is 0 Å². The number of rotatable bonds is 4. The van der Waals surface area contributed by atoms with Gasteiger partial charge in [-0.2, -0.15) is 0 Å². The van der Waals surface area contributed by atoms with Gasteiger partial charge in [-0.25, -0.2) is 0 Å². The third kappa shape index (κ3) is 2.00. The largest absolute Gasteiger partial charge is 0.493 e. The normalized spacial score (nSPS) is 25.0. The fraction of sp³-hybridized carbons (Fsp3) is 0.538. The Morgan fingerprint density at radius 3 is 2.44 bits per heavy atom.